The first-order valence-corrected chi connectivity index (χ1v) is 6.20. The number of halogens is 3. The third-order valence-electron chi connectivity index (χ3n) is 2.18. The lowest BCUT2D eigenvalue weighted by Crippen LogP contribution is -2.39. The van der Waals surface area contributed by atoms with Gasteiger partial charge in [0.2, 0.25) is 0 Å². The van der Waals surface area contributed by atoms with Gasteiger partial charge in [0.25, 0.3) is 0 Å². The largest absolute Gasteiger partial charge is 0.401 e. The summed E-state index contributed by atoms with van der Waals surface area (Å²) in [6, 6.07) is 0. The maximum atomic E-state index is 11.9. The smallest absolute Gasteiger partial charge is 0.307 e. The number of hydrogen-bond donors (Lipinski definition) is 1. The van der Waals surface area contributed by atoms with Crippen molar-refractivity contribution in [3.05, 3.63) is 0 Å². The molecule has 0 spiro atoms. The molecule has 0 radical (unpaired) electrons. The van der Waals surface area contributed by atoms with Crippen molar-refractivity contribution in [1.29, 1.82) is 0 Å². The van der Waals surface area contributed by atoms with Crippen molar-refractivity contribution in [2.45, 2.75) is 33.9 Å². The average molecular weight is 254 g/mol. The van der Waals surface area contributed by atoms with Gasteiger partial charge in [0.05, 0.1) is 6.54 Å². The molecule has 17 heavy (non-hydrogen) atoms. The molecule has 0 rings (SSSR count). The van der Waals surface area contributed by atoms with Crippen LogP contribution in [0.5, 0.6) is 0 Å². The zero-order valence-electron chi connectivity index (χ0n) is 11.3. The molecule has 0 fully saturated rings. The van der Waals surface area contributed by atoms with Gasteiger partial charge in [0, 0.05) is 26.2 Å². The van der Waals surface area contributed by atoms with Crippen LogP contribution in [-0.4, -0.2) is 43.8 Å². The molecule has 0 heterocycles. The summed E-state index contributed by atoms with van der Waals surface area (Å²) in [6.07, 6.45) is -4.11. The Hall–Kier alpha value is -0.290. The Kier molecular flexibility index (Phi) is 7.79. The Morgan fingerprint density at radius 1 is 1.00 bits per heavy atom. The first-order valence-electron chi connectivity index (χ1n) is 6.20. The Labute approximate surface area is 103 Å². The standard InChI is InChI=1S/C12H25F3N2/c1-10(2)7-17(8-11(3)4)6-5-16-9-12(13,14)15/h10-11,16H,5-9H2,1-4H3. The van der Waals surface area contributed by atoms with Crippen LogP contribution in [0.3, 0.4) is 0 Å². The van der Waals surface area contributed by atoms with Gasteiger partial charge in [-0.25, -0.2) is 0 Å². The Morgan fingerprint density at radius 2 is 1.47 bits per heavy atom. The number of nitrogens with one attached hydrogen (secondary N) is 1. The highest BCUT2D eigenvalue weighted by Crippen LogP contribution is 2.12. The third-order valence-corrected chi connectivity index (χ3v) is 2.18. The second-order valence-corrected chi connectivity index (χ2v) is 5.34. The molecule has 0 aromatic carbocycles. The maximum Gasteiger partial charge on any atom is 0.401 e. The summed E-state index contributed by atoms with van der Waals surface area (Å²) in [5, 5.41) is 2.44. The van der Waals surface area contributed by atoms with Crippen molar-refractivity contribution in [3.8, 4) is 0 Å². The highest BCUT2D eigenvalue weighted by Gasteiger charge is 2.26. The molecule has 0 aliphatic carbocycles. The van der Waals surface area contributed by atoms with E-state index >= 15 is 0 Å². The molecule has 0 aliphatic rings. The number of alkyl halides is 3. The van der Waals surface area contributed by atoms with Crippen LogP contribution in [0, 0.1) is 11.8 Å². The van der Waals surface area contributed by atoms with Gasteiger partial charge in [0.15, 0.2) is 0 Å². The Morgan fingerprint density at radius 3 is 1.82 bits per heavy atom. The highest BCUT2D eigenvalue weighted by molar-refractivity contribution is 4.65. The molecule has 0 aromatic rings. The molecule has 5 heteroatoms. The summed E-state index contributed by atoms with van der Waals surface area (Å²) in [7, 11) is 0. The van der Waals surface area contributed by atoms with Crippen molar-refractivity contribution >= 4 is 0 Å². The summed E-state index contributed by atoms with van der Waals surface area (Å²) in [5.41, 5.74) is 0. The van der Waals surface area contributed by atoms with Crippen molar-refractivity contribution in [3.63, 3.8) is 0 Å². The number of nitrogens with zero attached hydrogens (tertiary/aromatic N) is 1. The topological polar surface area (TPSA) is 15.3 Å². The van der Waals surface area contributed by atoms with E-state index in [-0.39, 0.29) is 0 Å². The molecule has 0 aliphatic heterocycles. The summed E-state index contributed by atoms with van der Waals surface area (Å²) >= 11 is 0. The minimum atomic E-state index is -4.11. The zero-order valence-corrected chi connectivity index (χ0v) is 11.3. The van der Waals surface area contributed by atoms with Crippen LogP contribution >= 0.6 is 0 Å². The lowest BCUT2D eigenvalue weighted by Gasteiger charge is -2.26. The van der Waals surface area contributed by atoms with Gasteiger partial charge >= 0.3 is 6.18 Å². The zero-order chi connectivity index (χ0) is 13.5. The van der Waals surface area contributed by atoms with Crippen molar-refractivity contribution < 1.29 is 13.2 Å². The molecule has 2 nitrogen and oxygen atoms in total. The van der Waals surface area contributed by atoms with E-state index in [0.29, 0.717) is 24.9 Å². The molecule has 0 unspecified atom stereocenters. The Bertz CT molecular complexity index is 181. The molecule has 0 saturated carbocycles. The maximum absolute atomic E-state index is 11.9. The molecular formula is C12H25F3N2. The van der Waals surface area contributed by atoms with Gasteiger partial charge in [-0.05, 0) is 11.8 Å². The highest BCUT2D eigenvalue weighted by atomic mass is 19.4. The monoisotopic (exact) mass is 254 g/mol. The summed E-state index contributed by atoms with van der Waals surface area (Å²) in [6.45, 7) is 10.5. The van der Waals surface area contributed by atoms with E-state index in [1.807, 2.05) is 0 Å². The average Bonchev–Trinajstić information content (AvgIpc) is 2.08. The quantitative estimate of drug-likeness (QED) is 0.670. The number of rotatable bonds is 8. The first-order chi connectivity index (χ1) is 7.70. The van der Waals surface area contributed by atoms with Crippen molar-refractivity contribution in [2.24, 2.45) is 11.8 Å². The summed E-state index contributed by atoms with van der Waals surface area (Å²) in [5.74, 6) is 1.08. The lowest BCUT2D eigenvalue weighted by atomic mass is 10.1. The van der Waals surface area contributed by atoms with Crippen LogP contribution < -0.4 is 5.32 Å². The van der Waals surface area contributed by atoms with E-state index in [0.717, 1.165) is 13.1 Å². The van der Waals surface area contributed by atoms with E-state index < -0.39 is 12.7 Å². The van der Waals surface area contributed by atoms with E-state index in [4.69, 9.17) is 0 Å². The van der Waals surface area contributed by atoms with Gasteiger partial charge in [-0.2, -0.15) is 13.2 Å². The van der Waals surface area contributed by atoms with Gasteiger partial charge < -0.3 is 10.2 Å². The van der Waals surface area contributed by atoms with E-state index in [2.05, 4.69) is 37.9 Å². The normalized spacial score (nSPS) is 13.1. The fourth-order valence-corrected chi connectivity index (χ4v) is 1.76. The second kappa shape index (κ2) is 7.93. The molecule has 0 aromatic heterocycles. The third kappa shape index (κ3) is 12.0. The molecule has 0 atom stereocenters. The molecule has 0 amide bonds. The fourth-order valence-electron chi connectivity index (χ4n) is 1.76. The molecule has 104 valence electrons. The van der Waals surface area contributed by atoms with Crippen LogP contribution in [0.15, 0.2) is 0 Å². The van der Waals surface area contributed by atoms with Crippen LogP contribution in [-0.2, 0) is 0 Å². The van der Waals surface area contributed by atoms with Gasteiger partial charge in [-0.1, -0.05) is 27.7 Å². The predicted molar refractivity (Wildman–Crippen MR) is 65.0 cm³/mol. The predicted octanol–water partition coefficient (Wildman–Crippen LogP) is 2.75. The molecule has 1 N–H and O–H groups in total. The lowest BCUT2D eigenvalue weighted by molar-refractivity contribution is -0.124. The second-order valence-electron chi connectivity index (χ2n) is 5.34. The summed E-state index contributed by atoms with van der Waals surface area (Å²) < 4.78 is 35.8. The fraction of sp³-hybridized carbons (Fsp3) is 1.00. The van der Waals surface area contributed by atoms with Gasteiger partial charge in [0.1, 0.15) is 0 Å². The minimum absolute atomic E-state index is 0.388. The minimum Gasteiger partial charge on any atom is -0.307 e. The van der Waals surface area contributed by atoms with Crippen LogP contribution in [0.1, 0.15) is 27.7 Å². The van der Waals surface area contributed by atoms with Crippen LogP contribution in [0.25, 0.3) is 0 Å². The first kappa shape index (κ1) is 16.7. The van der Waals surface area contributed by atoms with Crippen molar-refractivity contribution in [1.82, 2.24) is 10.2 Å². The summed E-state index contributed by atoms with van der Waals surface area (Å²) in [4.78, 5) is 2.22. The molecule has 0 bridgehead atoms. The van der Waals surface area contributed by atoms with Gasteiger partial charge in [-0.15, -0.1) is 0 Å². The van der Waals surface area contributed by atoms with Gasteiger partial charge in [-0.3, -0.25) is 0 Å². The van der Waals surface area contributed by atoms with E-state index in [1.165, 1.54) is 0 Å². The number of hydrogen-bond acceptors (Lipinski definition) is 2. The molecule has 0 saturated heterocycles. The van der Waals surface area contributed by atoms with E-state index in [1.54, 1.807) is 0 Å². The SMILES string of the molecule is CC(C)CN(CCNCC(F)(F)F)CC(C)C. The van der Waals surface area contributed by atoms with Crippen molar-refractivity contribution in [2.75, 3.05) is 32.7 Å². The van der Waals surface area contributed by atoms with Crippen LogP contribution in [0.4, 0.5) is 13.2 Å². The Balaban J connectivity index is 3.83. The van der Waals surface area contributed by atoms with E-state index in [9.17, 15) is 13.2 Å². The molecular weight excluding hydrogens is 229 g/mol. The van der Waals surface area contributed by atoms with Crippen LogP contribution in [0.2, 0.25) is 0 Å².